The maximum Gasteiger partial charge on any atom is 0.136 e. The molecule has 0 spiro atoms. The van der Waals surface area contributed by atoms with E-state index in [0.717, 1.165) is 33.3 Å². The Kier molecular flexibility index (Phi) is 4.18. The molecular formula is C17H15BrN2O. The Balaban J connectivity index is 1.93. The molecule has 3 nitrogen and oxygen atoms in total. The van der Waals surface area contributed by atoms with Crippen molar-refractivity contribution in [3.8, 4) is 11.5 Å². The highest BCUT2D eigenvalue weighted by atomic mass is 79.9. The van der Waals surface area contributed by atoms with Gasteiger partial charge in [0.1, 0.15) is 11.5 Å². The van der Waals surface area contributed by atoms with Crippen LogP contribution in [0.5, 0.6) is 11.5 Å². The van der Waals surface area contributed by atoms with Crippen molar-refractivity contribution in [3.05, 3.63) is 64.8 Å². The number of nitrogens with two attached hydrogens (primary N) is 1. The van der Waals surface area contributed by atoms with Gasteiger partial charge in [0.25, 0.3) is 0 Å². The third-order valence-electron chi connectivity index (χ3n) is 3.27. The van der Waals surface area contributed by atoms with Crippen molar-refractivity contribution in [2.75, 3.05) is 6.54 Å². The molecule has 1 aromatic heterocycles. The third-order valence-corrected chi connectivity index (χ3v) is 4.01. The number of benzene rings is 2. The van der Waals surface area contributed by atoms with Gasteiger partial charge in [0.15, 0.2) is 0 Å². The minimum Gasteiger partial charge on any atom is -0.457 e. The minimum absolute atomic E-state index is 0.633. The predicted octanol–water partition coefficient (Wildman–Crippen LogP) is 4.29. The van der Waals surface area contributed by atoms with Crippen LogP contribution in [0.15, 0.2) is 59.2 Å². The maximum absolute atomic E-state index is 6.00. The predicted molar refractivity (Wildman–Crippen MR) is 88.7 cm³/mol. The Hall–Kier alpha value is -1.91. The SMILES string of the molecule is NCCc1ccc(Oc2cccc3ncccc23)cc1Br. The molecule has 0 atom stereocenters. The average Bonchev–Trinajstić information content (AvgIpc) is 2.51. The van der Waals surface area contributed by atoms with Crippen LogP contribution in [0.2, 0.25) is 0 Å². The molecule has 0 radical (unpaired) electrons. The summed E-state index contributed by atoms with van der Waals surface area (Å²) in [5.41, 5.74) is 7.70. The number of fused-ring (bicyclic) bond motifs is 1. The smallest absolute Gasteiger partial charge is 0.136 e. The van der Waals surface area contributed by atoms with E-state index in [-0.39, 0.29) is 0 Å². The van der Waals surface area contributed by atoms with Gasteiger partial charge >= 0.3 is 0 Å². The molecule has 0 fully saturated rings. The largest absolute Gasteiger partial charge is 0.457 e. The molecule has 106 valence electrons. The van der Waals surface area contributed by atoms with Crippen LogP contribution < -0.4 is 10.5 Å². The molecule has 1 heterocycles. The summed E-state index contributed by atoms with van der Waals surface area (Å²) in [6.07, 6.45) is 2.63. The first-order valence-corrected chi connectivity index (χ1v) is 7.57. The van der Waals surface area contributed by atoms with Gasteiger partial charge in [0.05, 0.1) is 5.52 Å². The zero-order valence-electron chi connectivity index (χ0n) is 11.4. The van der Waals surface area contributed by atoms with Crippen LogP contribution >= 0.6 is 15.9 Å². The summed E-state index contributed by atoms with van der Waals surface area (Å²) in [5.74, 6) is 1.60. The molecule has 0 amide bonds. The van der Waals surface area contributed by atoms with Crippen molar-refractivity contribution < 1.29 is 4.74 Å². The Bertz CT molecular complexity index is 768. The first-order valence-electron chi connectivity index (χ1n) is 6.78. The zero-order chi connectivity index (χ0) is 14.7. The quantitative estimate of drug-likeness (QED) is 0.769. The van der Waals surface area contributed by atoms with Crippen LogP contribution in [-0.2, 0) is 6.42 Å². The monoisotopic (exact) mass is 342 g/mol. The summed E-state index contributed by atoms with van der Waals surface area (Å²) in [6.45, 7) is 0.633. The highest BCUT2D eigenvalue weighted by Crippen LogP contribution is 2.31. The molecule has 4 heteroatoms. The van der Waals surface area contributed by atoms with Gasteiger partial charge in [-0.3, -0.25) is 4.98 Å². The van der Waals surface area contributed by atoms with E-state index in [2.05, 4.69) is 20.9 Å². The topological polar surface area (TPSA) is 48.1 Å². The van der Waals surface area contributed by atoms with E-state index in [1.54, 1.807) is 6.20 Å². The summed E-state index contributed by atoms with van der Waals surface area (Å²) in [5, 5.41) is 1.00. The standard InChI is InChI=1S/C17H15BrN2O/c18-15-11-13(7-6-12(15)8-9-19)21-17-5-1-4-16-14(17)3-2-10-20-16/h1-7,10-11H,8-9,19H2. The van der Waals surface area contributed by atoms with Crippen LogP contribution in [0.25, 0.3) is 10.9 Å². The van der Waals surface area contributed by atoms with Crippen LogP contribution in [-0.4, -0.2) is 11.5 Å². The second-order valence-corrected chi connectivity index (χ2v) is 5.57. The van der Waals surface area contributed by atoms with Gasteiger partial charge in [0, 0.05) is 16.1 Å². The lowest BCUT2D eigenvalue weighted by Gasteiger charge is -2.10. The van der Waals surface area contributed by atoms with Crippen molar-refractivity contribution in [2.24, 2.45) is 5.73 Å². The number of rotatable bonds is 4. The molecule has 2 N–H and O–H groups in total. The van der Waals surface area contributed by atoms with E-state index < -0.39 is 0 Å². The summed E-state index contributed by atoms with van der Waals surface area (Å²) in [4.78, 5) is 4.34. The Morgan fingerprint density at radius 2 is 2.00 bits per heavy atom. The number of hydrogen-bond donors (Lipinski definition) is 1. The van der Waals surface area contributed by atoms with Crippen LogP contribution in [0.4, 0.5) is 0 Å². The summed E-state index contributed by atoms with van der Waals surface area (Å²) in [7, 11) is 0. The lowest BCUT2D eigenvalue weighted by molar-refractivity contribution is 0.487. The molecule has 0 aliphatic carbocycles. The minimum atomic E-state index is 0.633. The van der Waals surface area contributed by atoms with Gasteiger partial charge in [-0.25, -0.2) is 0 Å². The fourth-order valence-electron chi connectivity index (χ4n) is 2.24. The molecule has 0 aliphatic heterocycles. The van der Waals surface area contributed by atoms with E-state index in [4.69, 9.17) is 10.5 Å². The maximum atomic E-state index is 6.00. The first-order chi connectivity index (χ1) is 10.3. The van der Waals surface area contributed by atoms with Gasteiger partial charge in [0.2, 0.25) is 0 Å². The second-order valence-electron chi connectivity index (χ2n) is 4.72. The van der Waals surface area contributed by atoms with Gasteiger partial charge in [-0.15, -0.1) is 0 Å². The van der Waals surface area contributed by atoms with Crippen molar-refractivity contribution in [1.82, 2.24) is 4.98 Å². The highest BCUT2D eigenvalue weighted by molar-refractivity contribution is 9.10. The van der Waals surface area contributed by atoms with Gasteiger partial charge < -0.3 is 10.5 Å². The molecule has 3 aromatic rings. The molecule has 0 saturated heterocycles. The lowest BCUT2D eigenvalue weighted by Crippen LogP contribution is -2.03. The molecule has 0 unspecified atom stereocenters. The second kappa shape index (κ2) is 6.24. The number of ether oxygens (including phenoxy) is 1. The van der Waals surface area contributed by atoms with Gasteiger partial charge in [-0.1, -0.05) is 28.1 Å². The van der Waals surface area contributed by atoms with Crippen molar-refractivity contribution in [3.63, 3.8) is 0 Å². The first kappa shape index (κ1) is 14.0. The molecule has 0 saturated carbocycles. The molecule has 0 aliphatic rings. The Morgan fingerprint density at radius 3 is 2.81 bits per heavy atom. The normalized spacial score (nSPS) is 10.8. The third kappa shape index (κ3) is 3.06. The Morgan fingerprint density at radius 1 is 1.10 bits per heavy atom. The Labute approximate surface area is 131 Å². The summed E-state index contributed by atoms with van der Waals surface area (Å²) < 4.78 is 7.02. The molecule has 3 rings (SSSR count). The molecular weight excluding hydrogens is 328 g/mol. The van der Waals surface area contributed by atoms with Crippen LogP contribution in [0.3, 0.4) is 0 Å². The van der Waals surface area contributed by atoms with E-state index in [9.17, 15) is 0 Å². The van der Waals surface area contributed by atoms with Crippen molar-refractivity contribution in [1.29, 1.82) is 0 Å². The fourth-order valence-corrected chi connectivity index (χ4v) is 2.80. The van der Waals surface area contributed by atoms with Gasteiger partial charge in [-0.2, -0.15) is 0 Å². The average molecular weight is 343 g/mol. The van der Waals surface area contributed by atoms with E-state index >= 15 is 0 Å². The fraction of sp³-hybridized carbons (Fsp3) is 0.118. The van der Waals surface area contributed by atoms with Crippen molar-refractivity contribution in [2.45, 2.75) is 6.42 Å². The molecule has 0 bridgehead atoms. The summed E-state index contributed by atoms with van der Waals surface area (Å²) in [6, 6.07) is 15.8. The number of nitrogens with zero attached hydrogens (tertiary/aromatic N) is 1. The number of halogens is 1. The lowest BCUT2D eigenvalue weighted by atomic mass is 10.1. The zero-order valence-corrected chi connectivity index (χ0v) is 13.0. The summed E-state index contributed by atoms with van der Waals surface area (Å²) >= 11 is 3.56. The number of pyridine rings is 1. The van der Waals surface area contributed by atoms with Crippen molar-refractivity contribution >= 4 is 26.8 Å². The number of aromatic nitrogens is 1. The van der Waals surface area contributed by atoms with E-state index in [1.807, 2.05) is 48.5 Å². The van der Waals surface area contributed by atoms with E-state index in [1.165, 1.54) is 5.56 Å². The highest BCUT2D eigenvalue weighted by Gasteiger charge is 2.06. The van der Waals surface area contributed by atoms with E-state index in [0.29, 0.717) is 6.54 Å². The van der Waals surface area contributed by atoms with Crippen LogP contribution in [0, 0.1) is 0 Å². The van der Waals surface area contributed by atoms with Gasteiger partial charge in [-0.05, 0) is 54.9 Å². The molecule has 21 heavy (non-hydrogen) atoms. The number of hydrogen-bond acceptors (Lipinski definition) is 3. The van der Waals surface area contributed by atoms with Crippen LogP contribution in [0.1, 0.15) is 5.56 Å². The molecule has 2 aromatic carbocycles.